The standard InChI is InChI=1S/C14H14N6O/c1-19-9-11(8-16-19)17-14(21)13-6-7-20(18-13)12-4-2-10(15)3-5-12/h2-9H,15H2,1H3,(H,17,21). The Morgan fingerprint density at radius 1 is 1.24 bits per heavy atom. The van der Waals surface area contributed by atoms with Gasteiger partial charge in [-0.25, -0.2) is 4.68 Å². The summed E-state index contributed by atoms with van der Waals surface area (Å²) in [5, 5.41) is 11.0. The van der Waals surface area contributed by atoms with Crippen LogP contribution in [-0.2, 0) is 7.05 Å². The smallest absolute Gasteiger partial charge is 0.276 e. The predicted molar refractivity (Wildman–Crippen MR) is 79.1 cm³/mol. The number of aromatic nitrogens is 4. The third-order valence-corrected chi connectivity index (χ3v) is 2.94. The van der Waals surface area contributed by atoms with Crippen molar-refractivity contribution in [3.8, 4) is 5.69 Å². The minimum absolute atomic E-state index is 0.280. The van der Waals surface area contributed by atoms with E-state index in [2.05, 4.69) is 15.5 Å². The van der Waals surface area contributed by atoms with E-state index in [9.17, 15) is 4.79 Å². The minimum Gasteiger partial charge on any atom is -0.399 e. The van der Waals surface area contributed by atoms with Gasteiger partial charge in [-0.15, -0.1) is 0 Å². The molecule has 7 heteroatoms. The number of hydrogen-bond donors (Lipinski definition) is 2. The molecule has 0 aliphatic heterocycles. The average molecular weight is 282 g/mol. The first-order valence-electron chi connectivity index (χ1n) is 6.33. The van der Waals surface area contributed by atoms with E-state index in [0.717, 1.165) is 5.69 Å². The van der Waals surface area contributed by atoms with Gasteiger partial charge in [0.2, 0.25) is 0 Å². The van der Waals surface area contributed by atoms with Crippen LogP contribution in [0.4, 0.5) is 11.4 Å². The molecule has 1 aromatic carbocycles. The number of nitrogens with one attached hydrogen (secondary N) is 1. The fourth-order valence-corrected chi connectivity index (χ4v) is 1.90. The van der Waals surface area contributed by atoms with Crippen molar-refractivity contribution < 1.29 is 4.79 Å². The summed E-state index contributed by atoms with van der Waals surface area (Å²) in [6, 6.07) is 8.90. The van der Waals surface area contributed by atoms with Crippen molar-refractivity contribution in [2.45, 2.75) is 0 Å². The van der Waals surface area contributed by atoms with Crippen LogP contribution in [0.5, 0.6) is 0 Å². The monoisotopic (exact) mass is 282 g/mol. The van der Waals surface area contributed by atoms with E-state index < -0.39 is 0 Å². The van der Waals surface area contributed by atoms with Gasteiger partial charge in [-0.1, -0.05) is 0 Å². The lowest BCUT2D eigenvalue weighted by molar-refractivity contribution is 0.102. The van der Waals surface area contributed by atoms with Crippen LogP contribution in [0.3, 0.4) is 0 Å². The highest BCUT2D eigenvalue weighted by molar-refractivity contribution is 6.02. The van der Waals surface area contributed by atoms with Crippen LogP contribution in [0.25, 0.3) is 5.69 Å². The lowest BCUT2D eigenvalue weighted by Gasteiger charge is -2.02. The zero-order chi connectivity index (χ0) is 14.8. The molecule has 0 spiro atoms. The van der Waals surface area contributed by atoms with E-state index in [1.165, 1.54) is 0 Å². The number of carbonyl (C=O) groups excluding carboxylic acids is 1. The summed E-state index contributed by atoms with van der Waals surface area (Å²) < 4.78 is 3.24. The zero-order valence-corrected chi connectivity index (χ0v) is 11.4. The summed E-state index contributed by atoms with van der Waals surface area (Å²) in [6.45, 7) is 0. The van der Waals surface area contributed by atoms with E-state index in [1.54, 1.807) is 53.2 Å². The predicted octanol–water partition coefficient (Wildman–Crippen LogP) is 1.44. The first kappa shape index (κ1) is 12.9. The van der Waals surface area contributed by atoms with Crippen molar-refractivity contribution in [2.75, 3.05) is 11.1 Å². The molecule has 106 valence electrons. The number of benzene rings is 1. The van der Waals surface area contributed by atoms with E-state index >= 15 is 0 Å². The summed E-state index contributed by atoms with van der Waals surface area (Å²) in [6.07, 6.45) is 5.02. The number of hydrogen-bond acceptors (Lipinski definition) is 4. The number of nitrogen functional groups attached to an aromatic ring is 1. The van der Waals surface area contributed by atoms with Gasteiger partial charge in [0.25, 0.3) is 5.91 Å². The summed E-state index contributed by atoms with van der Waals surface area (Å²) in [4.78, 5) is 12.1. The third-order valence-electron chi connectivity index (χ3n) is 2.94. The first-order chi connectivity index (χ1) is 10.1. The molecule has 0 fully saturated rings. The van der Waals surface area contributed by atoms with Crippen LogP contribution in [0.1, 0.15) is 10.5 Å². The fraction of sp³-hybridized carbons (Fsp3) is 0.0714. The molecule has 2 heterocycles. The van der Waals surface area contributed by atoms with Crippen molar-refractivity contribution in [3.05, 3.63) is 54.6 Å². The molecule has 2 aromatic heterocycles. The Kier molecular flexibility index (Phi) is 3.15. The fourth-order valence-electron chi connectivity index (χ4n) is 1.90. The lowest BCUT2D eigenvalue weighted by atomic mass is 10.3. The van der Waals surface area contributed by atoms with Crippen LogP contribution in [-0.4, -0.2) is 25.5 Å². The normalized spacial score (nSPS) is 10.5. The molecule has 1 amide bonds. The van der Waals surface area contributed by atoms with Crippen LogP contribution < -0.4 is 11.1 Å². The molecule has 3 N–H and O–H groups in total. The van der Waals surface area contributed by atoms with Crippen molar-refractivity contribution >= 4 is 17.3 Å². The maximum absolute atomic E-state index is 12.1. The second-order valence-electron chi connectivity index (χ2n) is 4.59. The van der Waals surface area contributed by atoms with Crippen LogP contribution >= 0.6 is 0 Å². The highest BCUT2D eigenvalue weighted by atomic mass is 16.2. The van der Waals surface area contributed by atoms with E-state index in [4.69, 9.17) is 5.73 Å². The SMILES string of the molecule is Cn1cc(NC(=O)c2ccn(-c3ccc(N)cc3)n2)cn1. The Morgan fingerprint density at radius 2 is 2.00 bits per heavy atom. The van der Waals surface area contributed by atoms with Crippen LogP contribution in [0, 0.1) is 0 Å². The largest absolute Gasteiger partial charge is 0.399 e. The molecule has 7 nitrogen and oxygen atoms in total. The highest BCUT2D eigenvalue weighted by Crippen LogP contribution is 2.12. The van der Waals surface area contributed by atoms with Gasteiger partial charge < -0.3 is 11.1 Å². The van der Waals surface area contributed by atoms with Crippen molar-refractivity contribution in [1.82, 2.24) is 19.6 Å². The van der Waals surface area contributed by atoms with Gasteiger partial charge in [-0.3, -0.25) is 9.48 Å². The molecule has 0 saturated heterocycles. The number of amides is 1. The molecule has 0 aliphatic rings. The summed E-state index contributed by atoms with van der Waals surface area (Å²) in [7, 11) is 1.78. The number of rotatable bonds is 3. The molecule has 0 aliphatic carbocycles. The maximum Gasteiger partial charge on any atom is 0.276 e. The molecule has 0 radical (unpaired) electrons. The van der Waals surface area contributed by atoms with Crippen LogP contribution in [0.15, 0.2) is 48.9 Å². The second-order valence-corrected chi connectivity index (χ2v) is 4.59. The lowest BCUT2D eigenvalue weighted by Crippen LogP contribution is -2.12. The Hall–Kier alpha value is -3.09. The number of nitrogens with two attached hydrogens (primary N) is 1. The Labute approximate surface area is 121 Å². The Morgan fingerprint density at radius 3 is 2.67 bits per heavy atom. The molecular weight excluding hydrogens is 268 g/mol. The Bertz CT molecular complexity index is 771. The zero-order valence-electron chi connectivity index (χ0n) is 11.4. The van der Waals surface area contributed by atoms with Gasteiger partial charge >= 0.3 is 0 Å². The van der Waals surface area contributed by atoms with Crippen LogP contribution in [0.2, 0.25) is 0 Å². The molecular formula is C14H14N6O. The highest BCUT2D eigenvalue weighted by Gasteiger charge is 2.11. The number of aryl methyl sites for hydroxylation is 1. The van der Waals surface area contributed by atoms with Gasteiger partial charge in [-0.05, 0) is 30.3 Å². The molecule has 0 saturated carbocycles. The molecule has 0 atom stereocenters. The first-order valence-corrected chi connectivity index (χ1v) is 6.33. The maximum atomic E-state index is 12.1. The van der Waals surface area contributed by atoms with Crippen molar-refractivity contribution in [3.63, 3.8) is 0 Å². The van der Waals surface area contributed by atoms with E-state index in [0.29, 0.717) is 17.1 Å². The van der Waals surface area contributed by atoms with Crippen molar-refractivity contribution in [2.24, 2.45) is 7.05 Å². The van der Waals surface area contributed by atoms with E-state index in [1.807, 2.05) is 12.1 Å². The van der Waals surface area contributed by atoms with Crippen molar-refractivity contribution in [1.29, 1.82) is 0 Å². The molecule has 3 rings (SSSR count). The molecule has 21 heavy (non-hydrogen) atoms. The number of carbonyl (C=O) groups is 1. The number of anilines is 2. The van der Waals surface area contributed by atoms with Gasteiger partial charge in [0.15, 0.2) is 5.69 Å². The number of nitrogens with zero attached hydrogens (tertiary/aromatic N) is 4. The second kappa shape index (κ2) is 5.12. The van der Waals surface area contributed by atoms with Gasteiger partial charge in [-0.2, -0.15) is 10.2 Å². The average Bonchev–Trinajstić information content (AvgIpc) is 3.09. The Balaban J connectivity index is 1.78. The summed E-state index contributed by atoms with van der Waals surface area (Å²) in [5.74, 6) is -0.280. The quantitative estimate of drug-likeness (QED) is 0.711. The molecule has 0 bridgehead atoms. The topological polar surface area (TPSA) is 90.8 Å². The van der Waals surface area contributed by atoms with Gasteiger partial charge in [0, 0.05) is 25.1 Å². The molecule has 3 aromatic rings. The third kappa shape index (κ3) is 2.76. The summed E-state index contributed by atoms with van der Waals surface area (Å²) in [5.41, 5.74) is 8.12. The molecule has 0 unspecified atom stereocenters. The minimum atomic E-state index is -0.280. The van der Waals surface area contributed by atoms with Gasteiger partial charge in [0.05, 0.1) is 17.6 Å². The van der Waals surface area contributed by atoms with E-state index in [-0.39, 0.29) is 5.91 Å². The summed E-state index contributed by atoms with van der Waals surface area (Å²) >= 11 is 0. The van der Waals surface area contributed by atoms with Gasteiger partial charge in [0.1, 0.15) is 0 Å².